The average molecular weight is 267 g/mol. The molecule has 0 fully saturated rings. The van der Waals surface area contributed by atoms with Crippen molar-refractivity contribution in [1.82, 2.24) is 9.97 Å². The van der Waals surface area contributed by atoms with Crippen molar-refractivity contribution in [2.45, 2.75) is 39.7 Å². The molecule has 0 saturated heterocycles. The fourth-order valence-electron chi connectivity index (χ4n) is 2.85. The minimum atomic E-state index is 0.872. The number of benzene rings is 1. The Morgan fingerprint density at radius 2 is 1.95 bits per heavy atom. The zero-order chi connectivity index (χ0) is 13.9. The summed E-state index contributed by atoms with van der Waals surface area (Å²) in [6.07, 6.45) is 3.31. The highest BCUT2D eigenvalue weighted by Gasteiger charge is 2.16. The molecule has 2 aromatic rings. The van der Waals surface area contributed by atoms with E-state index in [0.29, 0.717) is 0 Å². The molecule has 1 aromatic carbocycles. The number of anilines is 1. The van der Waals surface area contributed by atoms with Crippen molar-refractivity contribution >= 4 is 5.82 Å². The van der Waals surface area contributed by atoms with Crippen LogP contribution in [0.3, 0.4) is 0 Å². The molecule has 0 unspecified atom stereocenters. The third kappa shape index (κ3) is 2.67. The lowest BCUT2D eigenvalue weighted by Gasteiger charge is -2.22. The van der Waals surface area contributed by atoms with E-state index in [-0.39, 0.29) is 0 Å². The van der Waals surface area contributed by atoms with Gasteiger partial charge >= 0.3 is 0 Å². The third-order valence-electron chi connectivity index (χ3n) is 3.92. The van der Waals surface area contributed by atoms with E-state index in [0.717, 1.165) is 43.3 Å². The van der Waals surface area contributed by atoms with Gasteiger partial charge in [0, 0.05) is 24.8 Å². The first kappa shape index (κ1) is 13.1. The maximum Gasteiger partial charge on any atom is 0.132 e. The molecular formula is C17H21N3. The van der Waals surface area contributed by atoms with Crippen molar-refractivity contribution in [2.75, 3.05) is 11.4 Å². The van der Waals surface area contributed by atoms with Gasteiger partial charge in [0.15, 0.2) is 0 Å². The third-order valence-corrected chi connectivity index (χ3v) is 3.92. The quantitative estimate of drug-likeness (QED) is 0.836. The minimum Gasteiger partial charge on any atom is -0.352 e. The number of fused-ring (bicyclic) bond motifs is 1. The molecule has 20 heavy (non-hydrogen) atoms. The van der Waals surface area contributed by atoms with Crippen LogP contribution in [-0.4, -0.2) is 16.5 Å². The molecule has 0 amide bonds. The lowest BCUT2D eigenvalue weighted by molar-refractivity contribution is 0.746. The van der Waals surface area contributed by atoms with Crippen LogP contribution >= 0.6 is 0 Å². The van der Waals surface area contributed by atoms with Crippen LogP contribution in [0, 0.1) is 6.92 Å². The number of hydrogen-bond acceptors (Lipinski definition) is 3. The normalized spacial score (nSPS) is 14.8. The van der Waals surface area contributed by atoms with Crippen LogP contribution in [-0.2, 0) is 19.4 Å². The lowest BCUT2D eigenvalue weighted by atomic mass is 10.0. The molecule has 3 heteroatoms. The van der Waals surface area contributed by atoms with E-state index in [1.165, 1.54) is 17.5 Å². The first-order valence-corrected chi connectivity index (χ1v) is 7.42. The zero-order valence-corrected chi connectivity index (χ0v) is 12.3. The number of nitrogens with zero attached hydrogens (tertiary/aromatic N) is 3. The Morgan fingerprint density at radius 1 is 1.15 bits per heavy atom. The fourth-order valence-corrected chi connectivity index (χ4v) is 2.85. The smallest absolute Gasteiger partial charge is 0.132 e. The first-order valence-electron chi connectivity index (χ1n) is 7.42. The summed E-state index contributed by atoms with van der Waals surface area (Å²) in [5, 5.41) is 0. The molecule has 2 heterocycles. The zero-order valence-electron chi connectivity index (χ0n) is 12.3. The molecule has 3 nitrogen and oxygen atoms in total. The topological polar surface area (TPSA) is 29.0 Å². The van der Waals surface area contributed by atoms with Crippen LogP contribution in [0.5, 0.6) is 0 Å². The van der Waals surface area contributed by atoms with E-state index in [4.69, 9.17) is 0 Å². The van der Waals surface area contributed by atoms with E-state index in [9.17, 15) is 0 Å². The van der Waals surface area contributed by atoms with Crippen LogP contribution in [0.1, 0.15) is 36.0 Å². The molecule has 0 N–H and O–H groups in total. The SMILES string of the molecule is CCc1cc(N2CCCc3ccccc3C2)nc(C)n1. The van der Waals surface area contributed by atoms with E-state index in [2.05, 4.69) is 52.1 Å². The summed E-state index contributed by atoms with van der Waals surface area (Å²) < 4.78 is 0. The molecule has 0 atom stereocenters. The summed E-state index contributed by atoms with van der Waals surface area (Å²) in [6.45, 7) is 6.14. The van der Waals surface area contributed by atoms with E-state index in [1.807, 2.05) is 6.92 Å². The van der Waals surface area contributed by atoms with Crippen molar-refractivity contribution in [1.29, 1.82) is 0 Å². The Balaban J connectivity index is 1.93. The lowest BCUT2D eigenvalue weighted by Crippen LogP contribution is -2.24. The maximum atomic E-state index is 4.63. The highest BCUT2D eigenvalue weighted by molar-refractivity contribution is 5.43. The molecule has 0 bridgehead atoms. The molecule has 1 aliphatic rings. The Hall–Kier alpha value is -1.90. The summed E-state index contributed by atoms with van der Waals surface area (Å²) in [7, 11) is 0. The van der Waals surface area contributed by atoms with Gasteiger partial charge in [0.25, 0.3) is 0 Å². The number of aromatic nitrogens is 2. The second kappa shape index (κ2) is 5.61. The minimum absolute atomic E-state index is 0.872. The largest absolute Gasteiger partial charge is 0.352 e. The highest BCUT2D eigenvalue weighted by atomic mass is 15.2. The Bertz CT molecular complexity index is 607. The summed E-state index contributed by atoms with van der Waals surface area (Å²) in [5.74, 6) is 1.95. The van der Waals surface area contributed by atoms with Gasteiger partial charge in [-0.15, -0.1) is 0 Å². The van der Waals surface area contributed by atoms with Gasteiger partial charge in [0.2, 0.25) is 0 Å². The van der Waals surface area contributed by atoms with Crippen molar-refractivity contribution in [2.24, 2.45) is 0 Å². The van der Waals surface area contributed by atoms with Crippen LogP contribution in [0.15, 0.2) is 30.3 Å². The van der Waals surface area contributed by atoms with Gasteiger partial charge in [0.05, 0.1) is 0 Å². The molecule has 0 radical (unpaired) electrons. The Kier molecular flexibility index (Phi) is 3.68. The van der Waals surface area contributed by atoms with Gasteiger partial charge in [-0.2, -0.15) is 0 Å². The molecule has 0 saturated carbocycles. The van der Waals surface area contributed by atoms with Crippen molar-refractivity contribution in [3.63, 3.8) is 0 Å². The van der Waals surface area contributed by atoms with Crippen molar-refractivity contribution < 1.29 is 0 Å². The number of aryl methyl sites for hydroxylation is 3. The molecule has 3 rings (SSSR count). The van der Waals surface area contributed by atoms with Crippen LogP contribution in [0.2, 0.25) is 0 Å². The monoisotopic (exact) mass is 267 g/mol. The fraction of sp³-hybridized carbons (Fsp3) is 0.412. The second-order valence-corrected chi connectivity index (χ2v) is 5.41. The summed E-state index contributed by atoms with van der Waals surface area (Å²) in [6, 6.07) is 10.9. The van der Waals surface area contributed by atoms with Gasteiger partial charge in [-0.05, 0) is 37.3 Å². The first-order chi connectivity index (χ1) is 9.76. The standard InChI is InChI=1S/C17H21N3/c1-3-16-11-17(19-13(2)18-16)20-10-6-9-14-7-4-5-8-15(14)12-20/h4-5,7-8,11H,3,6,9-10,12H2,1-2H3. The van der Waals surface area contributed by atoms with Gasteiger partial charge in [0.1, 0.15) is 11.6 Å². The van der Waals surface area contributed by atoms with Crippen LogP contribution in [0.25, 0.3) is 0 Å². The van der Waals surface area contributed by atoms with E-state index < -0.39 is 0 Å². The van der Waals surface area contributed by atoms with Gasteiger partial charge < -0.3 is 4.90 Å². The predicted octanol–water partition coefficient (Wildman–Crippen LogP) is 3.30. The highest BCUT2D eigenvalue weighted by Crippen LogP contribution is 2.23. The average Bonchev–Trinajstić information content (AvgIpc) is 2.68. The second-order valence-electron chi connectivity index (χ2n) is 5.41. The molecule has 1 aliphatic heterocycles. The van der Waals surface area contributed by atoms with Crippen molar-refractivity contribution in [3.8, 4) is 0 Å². The van der Waals surface area contributed by atoms with Crippen molar-refractivity contribution in [3.05, 3.63) is 53.0 Å². The maximum absolute atomic E-state index is 4.63. The van der Waals surface area contributed by atoms with Gasteiger partial charge in [-0.25, -0.2) is 9.97 Å². The van der Waals surface area contributed by atoms with Gasteiger partial charge in [-0.1, -0.05) is 31.2 Å². The van der Waals surface area contributed by atoms with Crippen LogP contribution in [0.4, 0.5) is 5.82 Å². The predicted molar refractivity (Wildman–Crippen MR) is 82.0 cm³/mol. The van der Waals surface area contributed by atoms with Crippen LogP contribution < -0.4 is 4.90 Å². The summed E-state index contributed by atoms with van der Waals surface area (Å²) in [5.41, 5.74) is 4.04. The summed E-state index contributed by atoms with van der Waals surface area (Å²) in [4.78, 5) is 11.5. The molecule has 0 spiro atoms. The number of hydrogen-bond donors (Lipinski definition) is 0. The molecular weight excluding hydrogens is 246 g/mol. The van der Waals surface area contributed by atoms with E-state index >= 15 is 0 Å². The number of rotatable bonds is 2. The van der Waals surface area contributed by atoms with Gasteiger partial charge in [-0.3, -0.25) is 0 Å². The molecule has 1 aromatic heterocycles. The Morgan fingerprint density at radius 3 is 2.75 bits per heavy atom. The summed E-state index contributed by atoms with van der Waals surface area (Å²) >= 11 is 0. The molecule has 0 aliphatic carbocycles. The molecule has 104 valence electrons. The Labute approximate surface area is 120 Å². The van der Waals surface area contributed by atoms with E-state index in [1.54, 1.807) is 0 Å².